The average molecular weight is 291 g/mol. The first-order valence-corrected chi connectivity index (χ1v) is 6.64. The van der Waals surface area contributed by atoms with Gasteiger partial charge < -0.3 is 19.6 Å². The molecule has 0 aliphatic rings. The number of carboxylic acid groups (broad SMARTS) is 1. The molecule has 7 nitrogen and oxygen atoms in total. The van der Waals surface area contributed by atoms with Crippen LogP contribution in [0.15, 0.2) is 24.5 Å². The molecule has 0 saturated heterocycles. The Bertz CT molecular complexity index is 665. The number of hydrogen-bond acceptors (Lipinski definition) is 4. The van der Waals surface area contributed by atoms with Gasteiger partial charge in [0.2, 0.25) is 0 Å². The van der Waals surface area contributed by atoms with Crippen molar-refractivity contribution >= 4 is 17.5 Å². The minimum atomic E-state index is -1.11. The van der Waals surface area contributed by atoms with Crippen LogP contribution in [0.3, 0.4) is 0 Å². The fraction of sp³-hybridized carbons (Fsp3) is 0.357. The summed E-state index contributed by atoms with van der Waals surface area (Å²) in [7, 11) is 0. The van der Waals surface area contributed by atoms with Crippen molar-refractivity contribution in [1.29, 1.82) is 0 Å². The smallest absolute Gasteiger partial charge is 0.356 e. The molecular weight excluding hydrogens is 274 g/mol. The van der Waals surface area contributed by atoms with Crippen LogP contribution in [0, 0.1) is 0 Å². The molecule has 1 amide bonds. The monoisotopic (exact) mass is 291 g/mol. The van der Waals surface area contributed by atoms with Gasteiger partial charge in [0.1, 0.15) is 0 Å². The van der Waals surface area contributed by atoms with Crippen molar-refractivity contribution in [2.75, 3.05) is 6.61 Å². The molecule has 1 unspecified atom stereocenters. The van der Waals surface area contributed by atoms with Gasteiger partial charge in [-0.1, -0.05) is 6.92 Å². The summed E-state index contributed by atoms with van der Waals surface area (Å²) < 4.78 is 6.98. The number of nitrogens with one attached hydrogen (secondary N) is 1. The van der Waals surface area contributed by atoms with Gasteiger partial charge in [-0.3, -0.25) is 4.79 Å². The minimum absolute atomic E-state index is 0.0740. The molecule has 2 aromatic rings. The number of carboxylic acids is 1. The van der Waals surface area contributed by atoms with Crippen molar-refractivity contribution in [3.63, 3.8) is 0 Å². The van der Waals surface area contributed by atoms with Crippen LogP contribution in [0.2, 0.25) is 0 Å². The van der Waals surface area contributed by atoms with E-state index < -0.39 is 5.97 Å². The van der Waals surface area contributed by atoms with E-state index in [1.54, 1.807) is 22.7 Å². The van der Waals surface area contributed by atoms with E-state index in [1.165, 1.54) is 6.20 Å². The van der Waals surface area contributed by atoms with Crippen LogP contribution >= 0.6 is 0 Å². The summed E-state index contributed by atoms with van der Waals surface area (Å²) in [6, 6.07) is 3.43. The minimum Gasteiger partial charge on any atom is -0.480 e. The van der Waals surface area contributed by atoms with Crippen LogP contribution in [0.25, 0.3) is 5.65 Å². The lowest BCUT2D eigenvalue weighted by Crippen LogP contribution is -2.35. The maximum absolute atomic E-state index is 11.7. The van der Waals surface area contributed by atoms with Crippen LogP contribution in [0.5, 0.6) is 5.75 Å². The van der Waals surface area contributed by atoms with E-state index >= 15 is 0 Å². The lowest BCUT2D eigenvalue weighted by atomic mass is 10.2. The highest BCUT2D eigenvalue weighted by molar-refractivity contribution is 5.86. The largest absolute Gasteiger partial charge is 0.480 e. The van der Waals surface area contributed by atoms with E-state index in [4.69, 9.17) is 9.84 Å². The molecule has 0 bridgehead atoms. The lowest BCUT2D eigenvalue weighted by molar-refractivity contribution is -0.123. The Balaban J connectivity index is 2.11. The number of fused-ring (bicyclic) bond motifs is 1. The normalized spacial score (nSPS) is 12.1. The summed E-state index contributed by atoms with van der Waals surface area (Å²) in [6.07, 6.45) is 3.90. The van der Waals surface area contributed by atoms with Crippen molar-refractivity contribution in [3.8, 4) is 5.75 Å². The van der Waals surface area contributed by atoms with Crippen LogP contribution < -0.4 is 10.1 Å². The highest BCUT2D eigenvalue weighted by Crippen LogP contribution is 2.18. The number of hydrogen-bond donors (Lipinski definition) is 2. The van der Waals surface area contributed by atoms with Gasteiger partial charge >= 0.3 is 5.97 Å². The highest BCUT2D eigenvalue weighted by Gasteiger charge is 2.13. The SMILES string of the molecule is CCC(C)NC(=O)COc1cccn2cc(C(=O)O)nc12. The fourth-order valence-electron chi connectivity index (χ4n) is 1.76. The topological polar surface area (TPSA) is 92.9 Å². The predicted octanol–water partition coefficient (Wildman–Crippen LogP) is 1.33. The van der Waals surface area contributed by atoms with Gasteiger partial charge in [0.15, 0.2) is 23.7 Å². The van der Waals surface area contributed by atoms with Gasteiger partial charge in [-0.15, -0.1) is 0 Å². The number of aromatic carboxylic acids is 1. The van der Waals surface area contributed by atoms with Gasteiger partial charge in [0, 0.05) is 18.4 Å². The third-order valence-electron chi connectivity index (χ3n) is 3.04. The summed E-state index contributed by atoms with van der Waals surface area (Å²) in [5.74, 6) is -0.972. The number of carbonyl (C=O) groups is 2. The van der Waals surface area contributed by atoms with Crippen molar-refractivity contribution in [2.24, 2.45) is 0 Å². The van der Waals surface area contributed by atoms with Gasteiger partial charge in [-0.25, -0.2) is 9.78 Å². The molecule has 0 fully saturated rings. The first-order chi connectivity index (χ1) is 10.0. The summed E-state index contributed by atoms with van der Waals surface area (Å²) in [5.41, 5.74) is 0.293. The molecule has 2 rings (SSSR count). The Hall–Kier alpha value is -2.57. The predicted molar refractivity (Wildman–Crippen MR) is 75.5 cm³/mol. The number of imidazole rings is 1. The van der Waals surface area contributed by atoms with Gasteiger partial charge in [0.25, 0.3) is 5.91 Å². The second-order valence-corrected chi connectivity index (χ2v) is 4.70. The molecule has 21 heavy (non-hydrogen) atoms. The van der Waals surface area contributed by atoms with Crippen LogP contribution in [-0.4, -0.2) is 39.0 Å². The number of rotatable bonds is 6. The second-order valence-electron chi connectivity index (χ2n) is 4.70. The Morgan fingerprint density at radius 3 is 2.95 bits per heavy atom. The number of amides is 1. The lowest BCUT2D eigenvalue weighted by Gasteiger charge is -2.12. The Labute approximate surface area is 121 Å². The number of aromatic nitrogens is 2. The molecule has 7 heteroatoms. The molecule has 1 atom stereocenters. The molecule has 0 radical (unpaired) electrons. The first-order valence-electron chi connectivity index (χ1n) is 6.64. The van der Waals surface area contributed by atoms with E-state index in [9.17, 15) is 9.59 Å². The maximum atomic E-state index is 11.7. The summed E-state index contributed by atoms with van der Waals surface area (Å²) in [6.45, 7) is 3.75. The standard InChI is InChI=1S/C14H17N3O4/c1-3-9(2)15-12(18)8-21-11-5-4-6-17-7-10(14(19)20)16-13(11)17/h4-7,9H,3,8H2,1-2H3,(H,15,18)(H,19,20). The van der Waals surface area contributed by atoms with Gasteiger partial charge in [-0.05, 0) is 25.5 Å². The summed E-state index contributed by atoms with van der Waals surface area (Å²) in [5, 5.41) is 11.7. The maximum Gasteiger partial charge on any atom is 0.356 e. The third kappa shape index (κ3) is 3.50. The van der Waals surface area contributed by atoms with E-state index in [1.807, 2.05) is 13.8 Å². The Kier molecular flexibility index (Phi) is 4.42. The average Bonchev–Trinajstić information content (AvgIpc) is 2.89. The molecule has 0 aliphatic carbocycles. The van der Waals surface area contributed by atoms with Gasteiger partial charge in [0.05, 0.1) is 0 Å². The molecule has 0 spiro atoms. The quantitative estimate of drug-likeness (QED) is 0.837. The number of carbonyl (C=O) groups excluding carboxylic acids is 1. The third-order valence-corrected chi connectivity index (χ3v) is 3.04. The summed E-state index contributed by atoms with van der Waals surface area (Å²) >= 11 is 0. The number of ether oxygens (including phenoxy) is 1. The zero-order valence-corrected chi connectivity index (χ0v) is 11.9. The van der Waals surface area contributed by atoms with E-state index in [-0.39, 0.29) is 24.2 Å². The number of pyridine rings is 1. The highest BCUT2D eigenvalue weighted by atomic mass is 16.5. The Morgan fingerprint density at radius 2 is 2.29 bits per heavy atom. The molecule has 0 aliphatic heterocycles. The van der Waals surface area contributed by atoms with Crippen molar-refractivity contribution in [3.05, 3.63) is 30.2 Å². The van der Waals surface area contributed by atoms with E-state index in [0.29, 0.717) is 11.4 Å². The van der Waals surface area contributed by atoms with Crippen LogP contribution in [0.4, 0.5) is 0 Å². The second kappa shape index (κ2) is 6.25. The molecule has 2 N–H and O–H groups in total. The van der Waals surface area contributed by atoms with Gasteiger partial charge in [-0.2, -0.15) is 0 Å². The van der Waals surface area contributed by atoms with Crippen molar-refractivity contribution < 1.29 is 19.4 Å². The van der Waals surface area contributed by atoms with Crippen molar-refractivity contribution in [2.45, 2.75) is 26.3 Å². The van der Waals surface area contributed by atoms with Crippen LogP contribution in [0.1, 0.15) is 30.8 Å². The molecule has 0 saturated carbocycles. The molecule has 112 valence electrons. The molecule has 2 aromatic heterocycles. The van der Waals surface area contributed by atoms with Crippen molar-refractivity contribution in [1.82, 2.24) is 14.7 Å². The van der Waals surface area contributed by atoms with E-state index in [0.717, 1.165) is 6.42 Å². The molecular formula is C14H17N3O4. The fourth-order valence-corrected chi connectivity index (χ4v) is 1.76. The summed E-state index contributed by atoms with van der Waals surface area (Å²) in [4.78, 5) is 26.6. The molecule has 2 heterocycles. The zero-order chi connectivity index (χ0) is 15.4. The molecule has 0 aromatic carbocycles. The number of nitrogens with zero attached hydrogens (tertiary/aromatic N) is 2. The Morgan fingerprint density at radius 1 is 1.52 bits per heavy atom. The zero-order valence-electron chi connectivity index (χ0n) is 11.9. The first kappa shape index (κ1) is 14.8. The van der Waals surface area contributed by atoms with E-state index in [2.05, 4.69) is 10.3 Å². The van der Waals surface area contributed by atoms with Crippen LogP contribution in [-0.2, 0) is 4.79 Å².